The van der Waals surface area contributed by atoms with Crippen molar-refractivity contribution in [1.82, 2.24) is 14.8 Å². The molecule has 6 heteroatoms. The summed E-state index contributed by atoms with van der Waals surface area (Å²) in [4.78, 5) is 12.4. The first-order chi connectivity index (χ1) is 11.1. The van der Waals surface area contributed by atoms with Gasteiger partial charge in [-0.05, 0) is 45.2 Å². The van der Waals surface area contributed by atoms with Crippen LogP contribution in [0.5, 0.6) is 0 Å². The summed E-state index contributed by atoms with van der Waals surface area (Å²) < 4.78 is 2.14. The summed E-state index contributed by atoms with van der Waals surface area (Å²) in [7, 11) is 0. The summed E-state index contributed by atoms with van der Waals surface area (Å²) in [6.45, 7) is 6.83. The normalized spacial score (nSPS) is 15.4. The van der Waals surface area contributed by atoms with E-state index in [4.69, 9.17) is 0 Å². The number of anilines is 1. The van der Waals surface area contributed by atoms with E-state index in [1.807, 2.05) is 38.1 Å². The summed E-state index contributed by atoms with van der Waals surface area (Å²) in [6, 6.07) is 7.80. The largest absolute Gasteiger partial charge is 0.325 e. The third kappa shape index (κ3) is 3.58. The van der Waals surface area contributed by atoms with Crippen LogP contribution < -0.4 is 5.32 Å². The molecule has 1 aliphatic rings. The first-order valence-electron chi connectivity index (χ1n) is 8.06. The standard InChI is InChI=1S/C17H22N4OS/c1-4-21-15(13-9-10-13)19-20-17(21)23-12(3)16(22)18-14-8-6-5-7-11(14)2/h5-8,12-13H,4,9-10H2,1-3H3,(H,18,22). The fourth-order valence-corrected chi connectivity index (χ4v) is 3.41. The number of hydrogen-bond donors (Lipinski definition) is 1. The van der Waals surface area contributed by atoms with E-state index < -0.39 is 0 Å². The van der Waals surface area contributed by atoms with Gasteiger partial charge in [0, 0.05) is 18.2 Å². The van der Waals surface area contributed by atoms with Crippen LogP contribution in [-0.2, 0) is 11.3 Å². The number of carbonyl (C=O) groups is 1. The van der Waals surface area contributed by atoms with Gasteiger partial charge >= 0.3 is 0 Å². The van der Waals surface area contributed by atoms with Crippen molar-refractivity contribution < 1.29 is 4.79 Å². The monoisotopic (exact) mass is 330 g/mol. The maximum atomic E-state index is 12.4. The lowest BCUT2D eigenvalue weighted by Crippen LogP contribution is -2.23. The molecule has 1 heterocycles. The highest BCUT2D eigenvalue weighted by molar-refractivity contribution is 8.00. The average Bonchev–Trinajstić information content (AvgIpc) is 3.31. The molecule has 0 spiro atoms. The van der Waals surface area contributed by atoms with E-state index in [9.17, 15) is 4.79 Å². The van der Waals surface area contributed by atoms with Gasteiger partial charge in [0.1, 0.15) is 5.82 Å². The summed E-state index contributed by atoms with van der Waals surface area (Å²) in [5.41, 5.74) is 1.92. The van der Waals surface area contributed by atoms with Gasteiger partial charge in [-0.2, -0.15) is 0 Å². The lowest BCUT2D eigenvalue weighted by Gasteiger charge is -2.13. The topological polar surface area (TPSA) is 59.8 Å². The van der Waals surface area contributed by atoms with Crippen LogP contribution in [0.3, 0.4) is 0 Å². The van der Waals surface area contributed by atoms with Gasteiger partial charge in [0.15, 0.2) is 5.16 Å². The number of nitrogens with one attached hydrogen (secondary N) is 1. The maximum absolute atomic E-state index is 12.4. The highest BCUT2D eigenvalue weighted by Gasteiger charge is 2.30. The van der Waals surface area contributed by atoms with Gasteiger partial charge in [-0.3, -0.25) is 4.79 Å². The molecule has 0 aliphatic heterocycles. The predicted molar refractivity (Wildman–Crippen MR) is 92.8 cm³/mol. The molecule has 1 aliphatic carbocycles. The lowest BCUT2D eigenvalue weighted by atomic mass is 10.2. The van der Waals surface area contributed by atoms with E-state index >= 15 is 0 Å². The molecule has 1 aromatic heterocycles. The van der Waals surface area contributed by atoms with E-state index in [0.717, 1.165) is 28.8 Å². The lowest BCUT2D eigenvalue weighted by molar-refractivity contribution is -0.115. The van der Waals surface area contributed by atoms with Gasteiger partial charge in [-0.15, -0.1) is 10.2 Å². The summed E-state index contributed by atoms with van der Waals surface area (Å²) in [5.74, 6) is 1.62. The van der Waals surface area contributed by atoms with Gasteiger partial charge in [-0.1, -0.05) is 30.0 Å². The number of thioether (sulfide) groups is 1. The predicted octanol–water partition coefficient (Wildman–Crippen LogP) is 3.60. The number of amides is 1. The van der Waals surface area contributed by atoms with Crippen LogP contribution in [0.25, 0.3) is 0 Å². The van der Waals surface area contributed by atoms with E-state index in [0.29, 0.717) is 5.92 Å². The Morgan fingerprint density at radius 3 is 2.78 bits per heavy atom. The Labute approximate surface area is 140 Å². The molecular weight excluding hydrogens is 308 g/mol. The van der Waals surface area contributed by atoms with Gasteiger partial charge in [0.05, 0.1) is 5.25 Å². The molecule has 2 aromatic rings. The van der Waals surface area contributed by atoms with Crippen molar-refractivity contribution in [2.75, 3.05) is 5.32 Å². The van der Waals surface area contributed by atoms with Gasteiger partial charge in [0.25, 0.3) is 0 Å². The highest BCUT2D eigenvalue weighted by Crippen LogP contribution is 2.40. The highest BCUT2D eigenvalue weighted by atomic mass is 32.2. The average molecular weight is 330 g/mol. The molecule has 122 valence electrons. The number of para-hydroxylation sites is 1. The molecule has 1 fully saturated rings. The Morgan fingerprint density at radius 2 is 2.13 bits per heavy atom. The van der Waals surface area contributed by atoms with Crippen molar-refractivity contribution in [3.63, 3.8) is 0 Å². The second kappa shape index (κ2) is 6.74. The number of aromatic nitrogens is 3. The van der Waals surface area contributed by atoms with Crippen molar-refractivity contribution in [1.29, 1.82) is 0 Å². The van der Waals surface area contributed by atoms with Crippen molar-refractivity contribution in [3.05, 3.63) is 35.7 Å². The zero-order chi connectivity index (χ0) is 16.4. The second-order valence-electron chi connectivity index (χ2n) is 5.92. The quantitative estimate of drug-likeness (QED) is 0.822. The zero-order valence-electron chi connectivity index (χ0n) is 13.7. The van der Waals surface area contributed by atoms with Gasteiger partial charge in [-0.25, -0.2) is 0 Å². The van der Waals surface area contributed by atoms with Crippen LogP contribution in [0.15, 0.2) is 29.4 Å². The minimum Gasteiger partial charge on any atom is -0.325 e. The smallest absolute Gasteiger partial charge is 0.237 e. The Hall–Kier alpha value is -1.82. The third-order valence-electron chi connectivity index (χ3n) is 4.06. The Kier molecular flexibility index (Phi) is 4.71. The Balaban J connectivity index is 1.68. The number of hydrogen-bond acceptors (Lipinski definition) is 4. The van der Waals surface area contributed by atoms with Gasteiger partial charge in [0.2, 0.25) is 5.91 Å². The van der Waals surface area contributed by atoms with E-state index in [-0.39, 0.29) is 11.2 Å². The molecule has 0 bridgehead atoms. The number of nitrogens with zero attached hydrogens (tertiary/aromatic N) is 3. The molecule has 3 rings (SSSR count). The molecular formula is C17H22N4OS. The Morgan fingerprint density at radius 1 is 1.39 bits per heavy atom. The number of aryl methyl sites for hydroxylation is 1. The molecule has 0 saturated heterocycles. The first kappa shape index (κ1) is 16.1. The molecule has 1 saturated carbocycles. The molecule has 1 unspecified atom stereocenters. The summed E-state index contributed by atoms with van der Waals surface area (Å²) >= 11 is 1.47. The van der Waals surface area contributed by atoms with Crippen LogP contribution >= 0.6 is 11.8 Å². The fourth-order valence-electron chi connectivity index (χ4n) is 2.49. The van der Waals surface area contributed by atoms with E-state index in [1.165, 1.54) is 24.6 Å². The minimum absolute atomic E-state index is 0.0112. The summed E-state index contributed by atoms with van der Waals surface area (Å²) in [6.07, 6.45) is 2.40. The van der Waals surface area contributed by atoms with Crippen molar-refractivity contribution >= 4 is 23.4 Å². The summed E-state index contributed by atoms with van der Waals surface area (Å²) in [5, 5.41) is 12.2. The van der Waals surface area contributed by atoms with Gasteiger partial charge < -0.3 is 9.88 Å². The third-order valence-corrected chi connectivity index (χ3v) is 5.14. The van der Waals surface area contributed by atoms with Crippen LogP contribution in [0.4, 0.5) is 5.69 Å². The molecule has 5 nitrogen and oxygen atoms in total. The number of rotatable bonds is 6. The maximum Gasteiger partial charge on any atom is 0.237 e. The second-order valence-corrected chi connectivity index (χ2v) is 7.23. The molecule has 0 radical (unpaired) electrons. The number of benzene rings is 1. The van der Waals surface area contributed by atoms with Crippen molar-refractivity contribution in [3.8, 4) is 0 Å². The van der Waals surface area contributed by atoms with E-state index in [1.54, 1.807) is 0 Å². The SMILES string of the molecule is CCn1c(SC(C)C(=O)Nc2ccccc2C)nnc1C1CC1. The Bertz CT molecular complexity index is 708. The van der Waals surface area contributed by atoms with Crippen LogP contribution in [0, 0.1) is 6.92 Å². The molecule has 23 heavy (non-hydrogen) atoms. The first-order valence-corrected chi connectivity index (χ1v) is 8.94. The van der Waals surface area contributed by atoms with Crippen LogP contribution in [0.1, 0.15) is 44.0 Å². The zero-order valence-corrected chi connectivity index (χ0v) is 14.6. The molecule has 1 aromatic carbocycles. The van der Waals surface area contributed by atoms with Crippen LogP contribution in [0.2, 0.25) is 0 Å². The minimum atomic E-state index is -0.226. The molecule has 1 N–H and O–H groups in total. The number of carbonyl (C=O) groups excluding carboxylic acids is 1. The fraction of sp³-hybridized carbons (Fsp3) is 0.471. The molecule has 1 atom stereocenters. The van der Waals surface area contributed by atoms with E-state index in [2.05, 4.69) is 27.0 Å². The molecule has 1 amide bonds. The van der Waals surface area contributed by atoms with Crippen molar-refractivity contribution in [2.24, 2.45) is 0 Å². The van der Waals surface area contributed by atoms with Crippen LogP contribution in [-0.4, -0.2) is 25.9 Å². The van der Waals surface area contributed by atoms with Crippen molar-refractivity contribution in [2.45, 2.75) is 56.5 Å².